The van der Waals surface area contributed by atoms with Gasteiger partial charge >= 0.3 is 0 Å². The fraction of sp³-hybridized carbons (Fsp3) is 0.385. The van der Waals surface area contributed by atoms with Gasteiger partial charge in [-0.1, -0.05) is 18.2 Å². The Morgan fingerprint density at radius 1 is 1.17 bits per heavy atom. The van der Waals surface area contributed by atoms with Gasteiger partial charge in [-0.15, -0.1) is 5.10 Å². The van der Waals surface area contributed by atoms with Crippen molar-refractivity contribution in [1.29, 1.82) is 0 Å². The van der Waals surface area contributed by atoms with Crippen molar-refractivity contribution in [3.63, 3.8) is 0 Å². The third-order valence-electron chi connectivity index (χ3n) is 3.35. The van der Waals surface area contributed by atoms with E-state index >= 15 is 0 Å². The normalized spacial score (nSPS) is 15.3. The average Bonchev–Trinajstić information content (AvgIpc) is 2.99. The van der Waals surface area contributed by atoms with Gasteiger partial charge in [0.15, 0.2) is 0 Å². The Bertz CT molecular complexity index is 554. The average molecular weight is 243 g/mol. The van der Waals surface area contributed by atoms with E-state index < -0.39 is 0 Å². The van der Waals surface area contributed by atoms with E-state index in [0.29, 0.717) is 5.95 Å². The number of nitrogen functional groups attached to an aromatic ring is 1. The van der Waals surface area contributed by atoms with Crippen LogP contribution in [0.3, 0.4) is 0 Å². The van der Waals surface area contributed by atoms with Crippen LogP contribution in [0.4, 0.5) is 11.9 Å². The summed E-state index contributed by atoms with van der Waals surface area (Å²) in [6, 6.07) is 8.05. The highest BCUT2D eigenvalue weighted by Gasteiger charge is 2.18. The summed E-state index contributed by atoms with van der Waals surface area (Å²) < 4.78 is 1.73. The van der Waals surface area contributed by atoms with Gasteiger partial charge in [-0.05, 0) is 31.4 Å². The van der Waals surface area contributed by atoms with Crippen LogP contribution in [0.15, 0.2) is 24.3 Å². The molecule has 1 aliphatic heterocycles. The molecular weight excluding hydrogens is 226 g/mol. The van der Waals surface area contributed by atoms with Crippen LogP contribution in [0, 0.1) is 6.92 Å². The molecule has 1 saturated heterocycles. The second-order valence-corrected chi connectivity index (χ2v) is 4.66. The minimum absolute atomic E-state index is 0.450. The number of nitrogens with two attached hydrogens (primary N) is 1. The summed E-state index contributed by atoms with van der Waals surface area (Å²) in [5.74, 6) is 1.19. The molecule has 3 rings (SSSR count). The summed E-state index contributed by atoms with van der Waals surface area (Å²) in [4.78, 5) is 6.55. The standard InChI is InChI=1S/C13H17N5/c1-10-6-2-3-7-11(10)18-12(14)15-13(16-18)17-8-4-5-9-17/h2-3,6-7H,4-5,8-9H2,1H3,(H2,14,15,16). The van der Waals surface area contributed by atoms with Crippen LogP contribution in [0.2, 0.25) is 0 Å². The quantitative estimate of drug-likeness (QED) is 0.873. The van der Waals surface area contributed by atoms with Gasteiger partial charge in [0.25, 0.3) is 0 Å². The first kappa shape index (κ1) is 11.1. The number of hydrogen-bond donors (Lipinski definition) is 1. The Hall–Kier alpha value is -2.04. The van der Waals surface area contributed by atoms with Gasteiger partial charge in [0, 0.05) is 13.1 Å². The lowest BCUT2D eigenvalue weighted by Crippen LogP contribution is -2.19. The van der Waals surface area contributed by atoms with Crippen molar-refractivity contribution in [2.75, 3.05) is 23.7 Å². The first-order valence-corrected chi connectivity index (χ1v) is 6.29. The predicted octanol–water partition coefficient (Wildman–Crippen LogP) is 1.76. The Balaban J connectivity index is 2.00. The first-order valence-electron chi connectivity index (χ1n) is 6.29. The topological polar surface area (TPSA) is 60.0 Å². The molecule has 0 unspecified atom stereocenters. The van der Waals surface area contributed by atoms with E-state index in [-0.39, 0.29) is 0 Å². The zero-order valence-electron chi connectivity index (χ0n) is 10.5. The highest BCUT2D eigenvalue weighted by atomic mass is 15.5. The second kappa shape index (κ2) is 4.33. The van der Waals surface area contributed by atoms with Crippen LogP contribution in [0.25, 0.3) is 5.69 Å². The largest absolute Gasteiger partial charge is 0.368 e. The predicted molar refractivity (Wildman–Crippen MR) is 72.0 cm³/mol. The van der Waals surface area contributed by atoms with Crippen molar-refractivity contribution in [2.45, 2.75) is 19.8 Å². The van der Waals surface area contributed by atoms with E-state index in [4.69, 9.17) is 5.73 Å². The number of anilines is 2. The number of para-hydroxylation sites is 1. The molecule has 2 aromatic rings. The molecule has 5 heteroatoms. The summed E-state index contributed by atoms with van der Waals surface area (Å²) in [7, 11) is 0. The molecule has 0 saturated carbocycles. The summed E-state index contributed by atoms with van der Waals surface area (Å²) in [5.41, 5.74) is 8.11. The van der Waals surface area contributed by atoms with E-state index in [0.717, 1.165) is 30.3 Å². The molecule has 0 spiro atoms. The molecule has 1 aromatic carbocycles. The Labute approximate surface area is 106 Å². The monoisotopic (exact) mass is 243 g/mol. The number of aryl methyl sites for hydroxylation is 1. The van der Waals surface area contributed by atoms with Crippen LogP contribution < -0.4 is 10.6 Å². The molecule has 2 heterocycles. The van der Waals surface area contributed by atoms with E-state index in [2.05, 4.69) is 15.0 Å². The van der Waals surface area contributed by atoms with Gasteiger partial charge in [-0.25, -0.2) is 0 Å². The van der Waals surface area contributed by atoms with Gasteiger partial charge in [0.2, 0.25) is 11.9 Å². The lowest BCUT2D eigenvalue weighted by Gasteiger charge is -2.11. The van der Waals surface area contributed by atoms with Crippen molar-refractivity contribution in [3.8, 4) is 5.69 Å². The minimum atomic E-state index is 0.450. The lowest BCUT2D eigenvalue weighted by atomic mass is 10.2. The smallest absolute Gasteiger partial charge is 0.246 e. The Morgan fingerprint density at radius 3 is 2.61 bits per heavy atom. The van der Waals surface area contributed by atoms with Crippen LogP contribution >= 0.6 is 0 Å². The van der Waals surface area contributed by atoms with Crippen molar-refractivity contribution in [1.82, 2.24) is 14.8 Å². The molecule has 1 aromatic heterocycles. The van der Waals surface area contributed by atoms with Gasteiger partial charge in [0.1, 0.15) is 0 Å². The fourth-order valence-corrected chi connectivity index (χ4v) is 2.34. The molecule has 5 nitrogen and oxygen atoms in total. The number of hydrogen-bond acceptors (Lipinski definition) is 4. The van der Waals surface area contributed by atoms with Crippen LogP contribution in [-0.4, -0.2) is 27.9 Å². The zero-order valence-corrected chi connectivity index (χ0v) is 10.5. The number of rotatable bonds is 2. The maximum absolute atomic E-state index is 5.97. The lowest BCUT2D eigenvalue weighted by molar-refractivity contribution is 0.843. The highest BCUT2D eigenvalue weighted by molar-refractivity contribution is 5.47. The van der Waals surface area contributed by atoms with Crippen LogP contribution in [0.5, 0.6) is 0 Å². The molecule has 2 N–H and O–H groups in total. The molecule has 1 fully saturated rings. The summed E-state index contributed by atoms with van der Waals surface area (Å²) in [5, 5.41) is 4.53. The molecule has 0 atom stereocenters. The Kier molecular flexibility index (Phi) is 2.66. The molecule has 0 aliphatic carbocycles. The van der Waals surface area contributed by atoms with E-state index in [1.54, 1.807) is 4.68 Å². The van der Waals surface area contributed by atoms with E-state index in [1.807, 2.05) is 31.2 Å². The highest BCUT2D eigenvalue weighted by Crippen LogP contribution is 2.21. The maximum atomic E-state index is 5.97. The molecule has 94 valence electrons. The first-order chi connectivity index (χ1) is 8.75. The molecular formula is C13H17N5. The van der Waals surface area contributed by atoms with Crippen molar-refractivity contribution < 1.29 is 0 Å². The summed E-state index contributed by atoms with van der Waals surface area (Å²) in [6.07, 6.45) is 2.41. The molecule has 0 bridgehead atoms. The zero-order chi connectivity index (χ0) is 12.5. The second-order valence-electron chi connectivity index (χ2n) is 4.66. The van der Waals surface area contributed by atoms with Gasteiger partial charge in [-0.2, -0.15) is 9.67 Å². The van der Waals surface area contributed by atoms with E-state index in [1.165, 1.54) is 12.8 Å². The summed E-state index contributed by atoms with van der Waals surface area (Å²) in [6.45, 7) is 4.10. The number of nitrogens with zero attached hydrogens (tertiary/aromatic N) is 4. The number of benzene rings is 1. The fourth-order valence-electron chi connectivity index (χ4n) is 2.34. The summed E-state index contributed by atoms with van der Waals surface area (Å²) >= 11 is 0. The van der Waals surface area contributed by atoms with Gasteiger partial charge in [-0.3, -0.25) is 0 Å². The van der Waals surface area contributed by atoms with Crippen molar-refractivity contribution in [3.05, 3.63) is 29.8 Å². The van der Waals surface area contributed by atoms with Gasteiger partial charge < -0.3 is 10.6 Å². The number of aromatic nitrogens is 3. The van der Waals surface area contributed by atoms with Crippen LogP contribution in [-0.2, 0) is 0 Å². The third-order valence-corrected chi connectivity index (χ3v) is 3.35. The SMILES string of the molecule is Cc1ccccc1-n1nc(N2CCCC2)nc1N. The maximum Gasteiger partial charge on any atom is 0.246 e. The minimum Gasteiger partial charge on any atom is -0.368 e. The van der Waals surface area contributed by atoms with Gasteiger partial charge in [0.05, 0.1) is 5.69 Å². The molecule has 1 aliphatic rings. The van der Waals surface area contributed by atoms with Crippen molar-refractivity contribution in [2.24, 2.45) is 0 Å². The van der Waals surface area contributed by atoms with E-state index in [9.17, 15) is 0 Å². The third kappa shape index (κ3) is 1.81. The van der Waals surface area contributed by atoms with Crippen LogP contribution in [0.1, 0.15) is 18.4 Å². The van der Waals surface area contributed by atoms with Crippen molar-refractivity contribution >= 4 is 11.9 Å². The molecule has 0 radical (unpaired) electrons. The molecule has 18 heavy (non-hydrogen) atoms. The molecule has 0 amide bonds. The Morgan fingerprint density at radius 2 is 1.89 bits per heavy atom.